The largest absolute Gasteiger partial charge is 0.455 e. The average molecular weight is 317 g/mol. The molecule has 0 saturated heterocycles. The first kappa shape index (κ1) is 14.4. The van der Waals surface area contributed by atoms with E-state index in [4.69, 9.17) is 4.42 Å². The molecule has 4 rings (SSSR count). The molecule has 24 heavy (non-hydrogen) atoms. The lowest BCUT2D eigenvalue weighted by Gasteiger charge is -2.07. The lowest BCUT2D eigenvalue weighted by atomic mass is 9.95. The van der Waals surface area contributed by atoms with Crippen LogP contribution >= 0.6 is 0 Å². The molecule has 2 aromatic heterocycles. The number of aryl methyl sites for hydroxylation is 2. The predicted octanol–water partition coefficient (Wildman–Crippen LogP) is 4.40. The summed E-state index contributed by atoms with van der Waals surface area (Å²) in [7, 11) is 1.94. The third-order valence-electron chi connectivity index (χ3n) is 4.35. The molecule has 0 bridgehead atoms. The molecule has 2 heterocycles. The van der Waals surface area contributed by atoms with Crippen molar-refractivity contribution < 1.29 is 13.4 Å². The van der Waals surface area contributed by atoms with E-state index in [0.29, 0.717) is 27.5 Å². The zero-order valence-electron chi connectivity index (χ0n) is 13.3. The summed E-state index contributed by atoms with van der Waals surface area (Å²) in [5.74, 6) is -0.347. The Morgan fingerprint density at radius 2 is 1.96 bits per heavy atom. The molecular formula is C20H14FN2O+. The lowest BCUT2D eigenvalue weighted by molar-refractivity contribution is -0.660. The Morgan fingerprint density at radius 1 is 1.12 bits per heavy atom. The van der Waals surface area contributed by atoms with Crippen LogP contribution in [0.25, 0.3) is 33.2 Å². The van der Waals surface area contributed by atoms with Gasteiger partial charge in [-0.15, -0.1) is 0 Å². The maximum Gasteiger partial charge on any atom is 0.213 e. The third-order valence-corrected chi connectivity index (χ3v) is 4.35. The second kappa shape index (κ2) is 5.17. The van der Waals surface area contributed by atoms with Crippen LogP contribution in [-0.2, 0) is 7.05 Å². The van der Waals surface area contributed by atoms with Gasteiger partial charge in [0.05, 0.1) is 16.5 Å². The van der Waals surface area contributed by atoms with Crippen LogP contribution < -0.4 is 4.57 Å². The number of hydrogen-bond acceptors (Lipinski definition) is 2. The van der Waals surface area contributed by atoms with E-state index in [-0.39, 0.29) is 5.82 Å². The van der Waals surface area contributed by atoms with Crippen molar-refractivity contribution in [3.05, 3.63) is 65.6 Å². The van der Waals surface area contributed by atoms with E-state index in [1.165, 1.54) is 6.07 Å². The molecule has 116 valence electrons. The molecule has 3 nitrogen and oxygen atoms in total. The first-order valence-electron chi connectivity index (χ1n) is 7.61. The van der Waals surface area contributed by atoms with Gasteiger partial charge in [-0.3, -0.25) is 0 Å². The number of furan rings is 1. The number of benzene rings is 2. The van der Waals surface area contributed by atoms with Crippen LogP contribution in [0.15, 0.2) is 53.1 Å². The third kappa shape index (κ3) is 1.92. The Morgan fingerprint density at radius 3 is 2.71 bits per heavy atom. The molecule has 0 fully saturated rings. The van der Waals surface area contributed by atoms with E-state index in [0.717, 1.165) is 16.8 Å². The fourth-order valence-electron chi connectivity index (χ4n) is 3.28. The minimum absolute atomic E-state index is 0.347. The lowest BCUT2D eigenvalue weighted by Crippen LogP contribution is -2.30. The van der Waals surface area contributed by atoms with Gasteiger partial charge < -0.3 is 4.42 Å². The average Bonchev–Trinajstić information content (AvgIpc) is 2.96. The Balaban J connectivity index is 2.30. The number of rotatable bonds is 1. The molecule has 0 saturated carbocycles. The van der Waals surface area contributed by atoms with E-state index >= 15 is 0 Å². The van der Waals surface area contributed by atoms with E-state index in [1.807, 2.05) is 42.9 Å². The zero-order valence-corrected chi connectivity index (χ0v) is 13.3. The Labute approximate surface area is 138 Å². The summed E-state index contributed by atoms with van der Waals surface area (Å²) in [5, 5.41) is 10.5. The number of nitrogens with zero attached hydrogens (tertiary/aromatic N) is 2. The molecule has 0 amide bonds. The summed E-state index contributed by atoms with van der Waals surface area (Å²) in [6, 6.07) is 14.6. The summed E-state index contributed by atoms with van der Waals surface area (Å²) in [6.45, 7) is 1.93. The van der Waals surface area contributed by atoms with Gasteiger partial charge in [-0.25, -0.2) is 8.96 Å². The van der Waals surface area contributed by atoms with E-state index in [1.54, 1.807) is 18.2 Å². The topological polar surface area (TPSA) is 40.8 Å². The van der Waals surface area contributed by atoms with Crippen molar-refractivity contribution in [2.45, 2.75) is 6.92 Å². The molecule has 0 spiro atoms. The van der Waals surface area contributed by atoms with Crippen molar-refractivity contribution in [1.82, 2.24) is 0 Å². The van der Waals surface area contributed by atoms with Gasteiger partial charge in [-0.2, -0.15) is 5.26 Å². The van der Waals surface area contributed by atoms with Crippen LogP contribution in [0.3, 0.4) is 0 Å². The van der Waals surface area contributed by atoms with Crippen LogP contribution in [0.5, 0.6) is 0 Å². The first-order valence-corrected chi connectivity index (χ1v) is 7.61. The van der Waals surface area contributed by atoms with Gasteiger partial charge in [0.1, 0.15) is 24.5 Å². The molecule has 4 aromatic rings. The second-order valence-electron chi connectivity index (χ2n) is 5.84. The molecule has 0 aliphatic heterocycles. The van der Waals surface area contributed by atoms with Crippen molar-refractivity contribution in [3.8, 4) is 17.3 Å². The zero-order chi connectivity index (χ0) is 16.8. The van der Waals surface area contributed by atoms with Crippen LogP contribution in [0.2, 0.25) is 0 Å². The van der Waals surface area contributed by atoms with Crippen LogP contribution in [0.4, 0.5) is 4.39 Å². The summed E-state index contributed by atoms with van der Waals surface area (Å²) in [4.78, 5) is 0. The van der Waals surface area contributed by atoms with Crippen LogP contribution in [0, 0.1) is 24.1 Å². The predicted molar refractivity (Wildman–Crippen MR) is 89.7 cm³/mol. The number of halogens is 1. The van der Waals surface area contributed by atoms with Crippen molar-refractivity contribution in [3.63, 3.8) is 0 Å². The molecule has 0 radical (unpaired) electrons. The molecule has 0 aliphatic carbocycles. The van der Waals surface area contributed by atoms with Gasteiger partial charge in [0.15, 0.2) is 11.8 Å². The smallest absolute Gasteiger partial charge is 0.213 e. The number of hydrogen-bond donors (Lipinski definition) is 0. The summed E-state index contributed by atoms with van der Waals surface area (Å²) < 4.78 is 22.4. The van der Waals surface area contributed by atoms with Crippen molar-refractivity contribution >= 4 is 21.9 Å². The molecular weight excluding hydrogens is 303 g/mol. The highest BCUT2D eigenvalue weighted by Gasteiger charge is 2.24. The number of pyridine rings is 1. The molecule has 4 heteroatoms. The number of aromatic nitrogens is 1. The van der Waals surface area contributed by atoms with Gasteiger partial charge in [-0.1, -0.05) is 6.07 Å². The Kier molecular flexibility index (Phi) is 3.10. The minimum Gasteiger partial charge on any atom is -0.455 e. The molecule has 0 atom stereocenters. The second-order valence-corrected chi connectivity index (χ2v) is 5.84. The van der Waals surface area contributed by atoms with Crippen molar-refractivity contribution in [2.24, 2.45) is 7.05 Å². The minimum atomic E-state index is -0.347. The maximum atomic E-state index is 14.6. The van der Waals surface area contributed by atoms with E-state index in [2.05, 4.69) is 6.07 Å². The van der Waals surface area contributed by atoms with Gasteiger partial charge >= 0.3 is 0 Å². The molecule has 0 aliphatic rings. The first-order chi connectivity index (χ1) is 11.6. The van der Waals surface area contributed by atoms with Gasteiger partial charge in [0.2, 0.25) is 5.69 Å². The van der Waals surface area contributed by atoms with Crippen molar-refractivity contribution in [2.75, 3.05) is 0 Å². The highest BCUT2D eigenvalue weighted by Crippen LogP contribution is 2.40. The molecule has 0 N–H and O–H groups in total. The Hall–Kier alpha value is -3.19. The highest BCUT2D eigenvalue weighted by atomic mass is 19.1. The van der Waals surface area contributed by atoms with Gasteiger partial charge in [0, 0.05) is 17.5 Å². The summed E-state index contributed by atoms with van der Waals surface area (Å²) >= 11 is 0. The summed E-state index contributed by atoms with van der Waals surface area (Å²) in [5.41, 5.74) is 4.03. The van der Waals surface area contributed by atoms with Crippen molar-refractivity contribution in [1.29, 1.82) is 5.26 Å². The fraction of sp³-hybridized carbons (Fsp3) is 0.100. The quantitative estimate of drug-likeness (QED) is 0.488. The summed E-state index contributed by atoms with van der Waals surface area (Å²) in [6.07, 6.45) is 1.94. The highest BCUT2D eigenvalue weighted by molar-refractivity contribution is 6.14. The number of nitriles is 1. The normalized spacial score (nSPS) is 11.1. The SMILES string of the molecule is Cc1cc(C#N)c2oc3cccc(F)c3c2c1-c1cccc[n+]1C. The van der Waals surface area contributed by atoms with E-state index < -0.39 is 0 Å². The molecule has 0 unspecified atom stereocenters. The van der Waals surface area contributed by atoms with Crippen LogP contribution in [-0.4, -0.2) is 0 Å². The fourth-order valence-corrected chi connectivity index (χ4v) is 3.28. The van der Waals surface area contributed by atoms with Gasteiger partial charge in [-0.05, 0) is 36.8 Å². The number of fused-ring (bicyclic) bond motifs is 3. The Bertz CT molecular complexity index is 1150. The maximum absolute atomic E-state index is 14.6. The van der Waals surface area contributed by atoms with Crippen LogP contribution in [0.1, 0.15) is 11.1 Å². The standard InChI is InChI=1S/C20H14FN2O/c1-12-10-13(11-22)20-19(17(12)15-7-3-4-9-23(15)2)18-14(21)6-5-8-16(18)24-20/h3-10H,1-2H3/q+1. The van der Waals surface area contributed by atoms with Gasteiger partial charge in [0.25, 0.3) is 0 Å². The molecule has 2 aromatic carbocycles. The van der Waals surface area contributed by atoms with E-state index in [9.17, 15) is 9.65 Å². The monoisotopic (exact) mass is 317 g/mol.